The molecule has 0 unspecified atom stereocenters. The number of aromatic nitrogens is 3. The highest BCUT2D eigenvalue weighted by molar-refractivity contribution is 5.87. The van der Waals surface area contributed by atoms with Gasteiger partial charge in [0.1, 0.15) is 11.2 Å². The zero-order valence-electron chi connectivity index (χ0n) is 19.5. The highest BCUT2D eigenvalue weighted by atomic mass is 19.3. The number of carbonyl (C=O) groups is 1. The van der Waals surface area contributed by atoms with Crippen molar-refractivity contribution in [3.05, 3.63) is 30.5 Å². The third-order valence-corrected chi connectivity index (χ3v) is 6.02. The van der Waals surface area contributed by atoms with Crippen molar-refractivity contribution in [2.45, 2.75) is 51.1 Å². The van der Waals surface area contributed by atoms with Gasteiger partial charge >= 0.3 is 0 Å². The molecule has 4 rings (SSSR count). The average molecular weight is 487 g/mol. The van der Waals surface area contributed by atoms with E-state index in [1.165, 1.54) is 14.0 Å². The van der Waals surface area contributed by atoms with E-state index in [1.54, 1.807) is 28.9 Å². The maximum absolute atomic E-state index is 12.7. The minimum absolute atomic E-state index is 0.0102. The molecule has 0 bridgehead atoms. The lowest BCUT2D eigenvalue weighted by molar-refractivity contribution is -0.119. The van der Waals surface area contributed by atoms with Crippen molar-refractivity contribution in [2.24, 2.45) is 5.11 Å². The number of ether oxygens (including phenoxy) is 1. The number of nitrogens with zero attached hydrogens (tertiary/aromatic N) is 4. The highest BCUT2D eigenvalue weighted by Crippen LogP contribution is 2.36. The third-order valence-electron chi connectivity index (χ3n) is 6.02. The summed E-state index contributed by atoms with van der Waals surface area (Å²) < 4.78 is 32.7. The van der Waals surface area contributed by atoms with Crippen LogP contribution in [0.2, 0.25) is 0 Å². The number of halogens is 2. The van der Waals surface area contributed by atoms with E-state index in [0.29, 0.717) is 23.0 Å². The van der Waals surface area contributed by atoms with Gasteiger partial charge < -0.3 is 20.7 Å². The number of rotatable bonds is 9. The molecule has 0 aliphatic heterocycles. The van der Waals surface area contributed by atoms with Crippen LogP contribution in [-0.2, 0) is 4.79 Å². The van der Waals surface area contributed by atoms with Gasteiger partial charge in [-0.05, 0) is 49.4 Å². The van der Waals surface area contributed by atoms with Gasteiger partial charge in [0.2, 0.25) is 17.7 Å². The van der Waals surface area contributed by atoms with E-state index >= 15 is 0 Å². The Morgan fingerprint density at radius 2 is 2.00 bits per heavy atom. The molecule has 12 heteroatoms. The Morgan fingerprint density at radius 1 is 1.26 bits per heavy atom. The fourth-order valence-corrected chi connectivity index (χ4v) is 4.41. The Morgan fingerprint density at radius 3 is 2.66 bits per heavy atom. The lowest BCUT2D eigenvalue weighted by Gasteiger charge is -2.29. The molecule has 35 heavy (non-hydrogen) atoms. The van der Waals surface area contributed by atoms with Gasteiger partial charge in [-0.3, -0.25) is 4.79 Å². The average Bonchev–Trinajstić information content (AvgIpc) is 3.27. The molecule has 1 aliphatic carbocycles. The van der Waals surface area contributed by atoms with Crippen LogP contribution >= 0.6 is 0 Å². The maximum atomic E-state index is 12.7. The molecule has 1 aliphatic rings. The lowest BCUT2D eigenvalue weighted by atomic mass is 9.91. The molecule has 0 spiro atoms. The predicted octanol–water partition coefficient (Wildman–Crippen LogP) is 4.60. The molecule has 10 nitrogen and oxygen atoms in total. The Kier molecular flexibility index (Phi) is 7.37. The Balaban J connectivity index is 1.58. The molecule has 1 fully saturated rings. The fourth-order valence-electron chi connectivity index (χ4n) is 4.41. The van der Waals surface area contributed by atoms with Crippen molar-refractivity contribution in [1.29, 1.82) is 5.53 Å². The second-order valence-corrected chi connectivity index (χ2v) is 8.48. The summed E-state index contributed by atoms with van der Waals surface area (Å²) in [6.45, 7) is 0.988. The van der Waals surface area contributed by atoms with E-state index in [9.17, 15) is 13.6 Å². The van der Waals surface area contributed by atoms with Crippen molar-refractivity contribution in [3.8, 4) is 17.0 Å². The van der Waals surface area contributed by atoms with Crippen LogP contribution in [0, 0.1) is 5.53 Å². The minimum atomic E-state index is -2.53. The minimum Gasteiger partial charge on any atom is -0.479 e. The zero-order chi connectivity index (χ0) is 24.9. The van der Waals surface area contributed by atoms with E-state index in [-0.39, 0.29) is 23.7 Å². The summed E-state index contributed by atoms with van der Waals surface area (Å²) in [5, 5.41) is 17.0. The second kappa shape index (κ2) is 10.6. The van der Waals surface area contributed by atoms with Gasteiger partial charge in [-0.25, -0.2) is 18.8 Å². The van der Waals surface area contributed by atoms with Crippen molar-refractivity contribution in [1.82, 2.24) is 19.9 Å². The van der Waals surface area contributed by atoms with Gasteiger partial charge in [-0.1, -0.05) is 6.07 Å². The third kappa shape index (κ3) is 5.64. The van der Waals surface area contributed by atoms with Crippen molar-refractivity contribution < 1.29 is 18.3 Å². The Hall–Kier alpha value is -3.83. The van der Waals surface area contributed by atoms with Crippen LogP contribution in [0.25, 0.3) is 16.6 Å². The van der Waals surface area contributed by atoms with Crippen LogP contribution < -0.4 is 20.7 Å². The Bertz CT molecular complexity index is 1210. The van der Waals surface area contributed by atoms with Gasteiger partial charge in [-0.2, -0.15) is 10.1 Å². The van der Waals surface area contributed by atoms with Gasteiger partial charge in [-0.15, -0.1) is 5.10 Å². The summed E-state index contributed by atoms with van der Waals surface area (Å²) in [5.41, 5.74) is 10.0. The topological polar surface area (TPSA) is 129 Å². The first-order valence-corrected chi connectivity index (χ1v) is 11.4. The smallest absolute Gasteiger partial charge is 0.255 e. The van der Waals surface area contributed by atoms with E-state index in [1.807, 2.05) is 6.07 Å². The molecule has 3 aromatic rings. The summed E-state index contributed by atoms with van der Waals surface area (Å²) in [6.07, 6.45) is 2.77. The van der Waals surface area contributed by atoms with Gasteiger partial charge in [0.05, 0.1) is 19.3 Å². The standard InChI is InChI=1S/C23H28F2N8O2/c1-13(34)28-15-4-6-16(7-5-15)29-23-30-22(35-2)21-17(9-10-33(21)32-23)14-3-8-18(31-26)19(11-14)27-12-20(24)25/h3,8-11,15-16,20,26-27H,4-7,12H2,1-2H3,(H,28,34)(H,29,32). The SMILES string of the molecule is COc1nc(NC2CCC(NC(C)=O)CC2)nn2ccc(-c3ccc(N=N)c(NCC(F)F)c3)c12. The summed E-state index contributed by atoms with van der Waals surface area (Å²) in [7, 11) is 1.53. The number of fused-ring (bicyclic) bond motifs is 1. The number of nitrogens with one attached hydrogen (secondary N) is 4. The molecule has 1 amide bonds. The van der Waals surface area contributed by atoms with Crippen LogP contribution in [0.4, 0.5) is 26.1 Å². The summed E-state index contributed by atoms with van der Waals surface area (Å²) in [5.74, 6) is 0.789. The van der Waals surface area contributed by atoms with Crippen LogP contribution in [-0.4, -0.2) is 52.7 Å². The van der Waals surface area contributed by atoms with Crippen LogP contribution in [0.1, 0.15) is 32.6 Å². The van der Waals surface area contributed by atoms with E-state index < -0.39 is 13.0 Å². The summed E-state index contributed by atoms with van der Waals surface area (Å²) >= 11 is 0. The monoisotopic (exact) mass is 486 g/mol. The van der Waals surface area contributed by atoms with Gasteiger partial charge in [0.15, 0.2) is 0 Å². The number of carbonyl (C=O) groups excluding carboxylic acids is 1. The van der Waals surface area contributed by atoms with Crippen LogP contribution in [0.3, 0.4) is 0 Å². The molecule has 0 radical (unpaired) electrons. The fraction of sp³-hybridized carbons (Fsp3) is 0.435. The first-order valence-electron chi connectivity index (χ1n) is 11.4. The van der Waals surface area contributed by atoms with E-state index in [0.717, 1.165) is 36.8 Å². The zero-order valence-corrected chi connectivity index (χ0v) is 19.5. The number of hydrogen-bond donors (Lipinski definition) is 4. The summed E-state index contributed by atoms with van der Waals surface area (Å²) in [6, 6.07) is 7.25. The number of benzene rings is 1. The molecule has 1 saturated carbocycles. The van der Waals surface area contributed by atoms with E-state index in [4.69, 9.17) is 10.3 Å². The molecule has 0 atom stereocenters. The van der Waals surface area contributed by atoms with Crippen molar-refractivity contribution in [3.63, 3.8) is 0 Å². The van der Waals surface area contributed by atoms with Crippen molar-refractivity contribution in [2.75, 3.05) is 24.3 Å². The summed E-state index contributed by atoms with van der Waals surface area (Å²) in [4.78, 5) is 15.8. The second-order valence-electron chi connectivity index (χ2n) is 8.48. The van der Waals surface area contributed by atoms with Crippen molar-refractivity contribution >= 4 is 28.7 Å². The Labute approximate surface area is 201 Å². The predicted molar refractivity (Wildman–Crippen MR) is 128 cm³/mol. The van der Waals surface area contributed by atoms with Gasteiger partial charge in [0, 0.05) is 30.8 Å². The first kappa shape index (κ1) is 24.3. The molecule has 4 N–H and O–H groups in total. The molecule has 1 aromatic carbocycles. The molecular weight excluding hydrogens is 458 g/mol. The molecular formula is C23H28F2N8O2. The quantitative estimate of drug-likeness (QED) is 0.327. The lowest BCUT2D eigenvalue weighted by Crippen LogP contribution is -2.39. The number of alkyl halides is 2. The van der Waals surface area contributed by atoms with Gasteiger partial charge in [0.25, 0.3) is 6.43 Å². The molecule has 2 heterocycles. The maximum Gasteiger partial charge on any atom is 0.255 e. The number of hydrogen-bond acceptors (Lipinski definition) is 8. The first-order chi connectivity index (χ1) is 16.9. The molecule has 2 aromatic heterocycles. The number of amides is 1. The number of anilines is 2. The highest BCUT2D eigenvalue weighted by Gasteiger charge is 2.23. The number of methoxy groups -OCH3 is 1. The normalized spacial score (nSPS) is 17.9. The molecule has 0 saturated heterocycles. The molecule has 186 valence electrons. The van der Waals surface area contributed by atoms with Crippen LogP contribution in [0.5, 0.6) is 5.88 Å². The van der Waals surface area contributed by atoms with Crippen LogP contribution in [0.15, 0.2) is 35.6 Å². The largest absolute Gasteiger partial charge is 0.479 e. The van der Waals surface area contributed by atoms with E-state index in [2.05, 4.69) is 31.1 Å².